The molecule has 0 atom stereocenters. The Labute approximate surface area is 305 Å². The first-order valence-electron chi connectivity index (χ1n) is 18.5. The summed E-state index contributed by atoms with van der Waals surface area (Å²) in [6.07, 6.45) is 6.57. The summed E-state index contributed by atoms with van der Waals surface area (Å²) in [6.45, 7) is 5.75. The van der Waals surface area contributed by atoms with E-state index in [0.29, 0.717) is 18.5 Å². The first-order valence-corrected chi connectivity index (χ1v) is 18.5. The molecule has 0 aromatic heterocycles. The van der Waals surface area contributed by atoms with Gasteiger partial charge in [-0.3, -0.25) is 14.9 Å². The third-order valence-electron chi connectivity index (χ3n) is 9.69. The molecule has 3 aromatic carbocycles. The molecule has 0 bridgehead atoms. The Morgan fingerprint density at radius 2 is 1.45 bits per heavy atom. The highest BCUT2D eigenvalue weighted by Gasteiger charge is 2.23. The van der Waals surface area contributed by atoms with E-state index in [0.717, 1.165) is 107 Å². The molecule has 0 radical (unpaired) electrons. The minimum Gasteiger partial charge on any atom is -0.446 e. The molecular formula is C41H58N6O4. The predicted molar refractivity (Wildman–Crippen MR) is 207 cm³/mol. The van der Waals surface area contributed by atoms with Crippen LogP contribution in [0.5, 0.6) is 0 Å². The molecule has 1 fully saturated rings. The molecule has 3 aromatic rings. The second-order valence-corrected chi connectivity index (χ2v) is 13.6. The molecule has 10 nitrogen and oxygen atoms in total. The van der Waals surface area contributed by atoms with Gasteiger partial charge in [-0.05, 0) is 81.6 Å². The maximum Gasteiger partial charge on any atom is 0.411 e. The van der Waals surface area contributed by atoms with E-state index >= 15 is 0 Å². The number of likely N-dealkylation sites (tertiary alicyclic amines) is 1. The number of likely N-dealkylation sites (N-methyl/N-ethyl adjacent to an activating group) is 1. The van der Waals surface area contributed by atoms with Gasteiger partial charge in [0.05, 0.1) is 5.69 Å². The zero-order chi connectivity index (χ0) is 36.4. The number of piperidine rings is 1. The summed E-state index contributed by atoms with van der Waals surface area (Å²) in [5.41, 5.74) is 4.55. The van der Waals surface area contributed by atoms with Gasteiger partial charge in [0.1, 0.15) is 6.10 Å². The van der Waals surface area contributed by atoms with E-state index in [-0.39, 0.29) is 17.9 Å². The standard InChI is InChI=1S/C41H58N6O4/c1-42-26-14-28-46(4)40(49)34-20-22-35(23-21-34)44(2)27-13-6-5-10-19-39(48)45(3)31-32-47-29-24-36(25-30-47)51-41(50)43-38-18-12-11-17-37(38)33-15-8-7-9-16-33/h7-9,11-12,15-18,20-23,36,42H,5-6,10,13-14,19,24-32H2,1-4H3,(H,43,50). The lowest BCUT2D eigenvalue weighted by Crippen LogP contribution is -2.42. The molecule has 0 unspecified atom stereocenters. The number of unbranched alkanes of at least 4 members (excludes halogenated alkanes) is 3. The summed E-state index contributed by atoms with van der Waals surface area (Å²) in [7, 11) is 7.75. The van der Waals surface area contributed by atoms with Crippen molar-refractivity contribution < 1.29 is 19.1 Å². The number of hydrogen-bond donors (Lipinski definition) is 2. The summed E-state index contributed by atoms with van der Waals surface area (Å²) < 4.78 is 5.78. The molecule has 1 heterocycles. The van der Waals surface area contributed by atoms with Crippen LogP contribution < -0.4 is 15.5 Å². The lowest BCUT2D eigenvalue weighted by Gasteiger charge is -2.32. The SMILES string of the molecule is CNCCCN(C)C(=O)c1ccc(N(C)CCCCCCC(=O)N(C)CCN2CCC(OC(=O)Nc3ccccc3-c3ccccc3)CC2)cc1. The van der Waals surface area contributed by atoms with Gasteiger partial charge in [0.15, 0.2) is 0 Å². The predicted octanol–water partition coefficient (Wildman–Crippen LogP) is 6.59. The molecule has 276 valence electrons. The number of anilines is 2. The van der Waals surface area contributed by atoms with Gasteiger partial charge in [0.2, 0.25) is 5.91 Å². The van der Waals surface area contributed by atoms with Crippen LogP contribution in [0.1, 0.15) is 61.7 Å². The van der Waals surface area contributed by atoms with Crippen LogP contribution in [-0.4, -0.2) is 113 Å². The van der Waals surface area contributed by atoms with Crippen LogP contribution in [-0.2, 0) is 9.53 Å². The van der Waals surface area contributed by atoms with Gasteiger partial charge >= 0.3 is 6.09 Å². The lowest BCUT2D eigenvalue weighted by molar-refractivity contribution is -0.130. The summed E-state index contributed by atoms with van der Waals surface area (Å²) in [4.78, 5) is 46.4. The quantitative estimate of drug-likeness (QED) is 0.136. The van der Waals surface area contributed by atoms with Crippen molar-refractivity contribution in [2.24, 2.45) is 0 Å². The van der Waals surface area contributed by atoms with Gasteiger partial charge in [-0.15, -0.1) is 0 Å². The van der Waals surface area contributed by atoms with Gasteiger partial charge in [-0.25, -0.2) is 4.79 Å². The summed E-state index contributed by atoms with van der Waals surface area (Å²) in [6, 6.07) is 25.6. The highest BCUT2D eigenvalue weighted by molar-refractivity contribution is 5.94. The summed E-state index contributed by atoms with van der Waals surface area (Å²) >= 11 is 0. The van der Waals surface area contributed by atoms with Crippen molar-refractivity contribution in [2.75, 3.05) is 84.2 Å². The van der Waals surface area contributed by atoms with Crippen molar-refractivity contribution in [3.63, 3.8) is 0 Å². The van der Waals surface area contributed by atoms with E-state index in [1.165, 1.54) is 0 Å². The van der Waals surface area contributed by atoms with E-state index in [1.54, 1.807) is 4.90 Å². The van der Waals surface area contributed by atoms with Gasteiger partial charge in [-0.1, -0.05) is 61.4 Å². The second-order valence-electron chi connectivity index (χ2n) is 13.6. The topological polar surface area (TPSA) is 97.5 Å². The lowest BCUT2D eigenvalue weighted by atomic mass is 10.0. The first-order chi connectivity index (χ1) is 24.7. The Hall–Kier alpha value is -4.41. The smallest absolute Gasteiger partial charge is 0.411 e. The van der Waals surface area contributed by atoms with Gasteiger partial charge in [0.25, 0.3) is 5.91 Å². The third-order valence-corrected chi connectivity index (χ3v) is 9.69. The molecule has 0 aliphatic carbocycles. The number of ether oxygens (including phenoxy) is 1. The van der Waals surface area contributed by atoms with Crippen LogP contribution in [0.15, 0.2) is 78.9 Å². The molecule has 4 rings (SSSR count). The summed E-state index contributed by atoms with van der Waals surface area (Å²) in [5.74, 6) is 0.246. The number of nitrogens with one attached hydrogen (secondary N) is 2. The molecule has 10 heteroatoms. The minimum absolute atomic E-state index is 0.0518. The maximum absolute atomic E-state index is 12.8. The van der Waals surface area contributed by atoms with E-state index in [4.69, 9.17) is 4.74 Å². The first kappa shape index (κ1) is 39.4. The molecule has 2 N–H and O–H groups in total. The molecule has 1 saturated heterocycles. The van der Waals surface area contributed by atoms with E-state index < -0.39 is 6.09 Å². The number of benzene rings is 3. The van der Waals surface area contributed by atoms with Crippen LogP contribution in [0.2, 0.25) is 0 Å². The molecule has 1 aliphatic rings. The highest BCUT2D eigenvalue weighted by Crippen LogP contribution is 2.28. The second kappa shape index (κ2) is 21.1. The third kappa shape index (κ3) is 13.0. The van der Waals surface area contributed by atoms with Crippen LogP contribution in [0.4, 0.5) is 16.2 Å². The van der Waals surface area contributed by atoms with E-state index in [9.17, 15) is 14.4 Å². The number of carbonyl (C=O) groups is 3. The number of carbonyl (C=O) groups excluding carboxylic acids is 3. The maximum atomic E-state index is 12.8. The fourth-order valence-electron chi connectivity index (χ4n) is 6.39. The van der Waals surface area contributed by atoms with Crippen LogP contribution in [0.25, 0.3) is 11.1 Å². The molecule has 3 amide bonds. The normalized spacial score (nSPS) is 13.4. The molecule has 0 spiro atoms. The van der Waals surface area contributed by atoms with E-state index in [2.05, 4.69) is 27.5 Å². The average molecular weight is 699 g/mol. The highest BCUT2D eigenvalue weighted by atomic mass is 16.6. The Bertz CT molecular complexity index is 1490. The zero-order valence-corrected chi connectivity index (χ0v) is 31.1. The average Bonchev–Trinajstić information content (AvgIpc) is 3.16. The fourth-order valence-corrected chi connectivity index (χ4v) is 6.39. The van der Waals surface area contributed by atoms with E-state index in [1.807, 2.05) is 105 Å². The number of hydrogen-bond acceptors (Lipinski definition) is 7. The van der Waals surface area contributed by atoms with Crippen molar-refractivity contribution in [3.05, 3.63) is 84.4 Å². The number of rotatable bonds is 19. The number of amides is 3. The van der Waals surface area contributed by atoms with Crippen molar-refractivity contribution in [2.45, 2.75) is 57.5 Å². The van der Waals surface area contributed by atoms with Crippen LogP contribution in [0, 0.1) is 0 Å². The molecule has 51 heavy (non-hydrogen) atoms. The van der Waals surface area contributed by atoms with Crippen molar-refractivity contribution in [3.8, 4) is 11.1 Å². The molecular weight excluding hydrogens is 640 g/mol. The van der Waals surface area contributed by atoms with Crippen LogP contribution >= 0.6 is 0 Å². The monoisotopic (exact) mass is 698 g/mol. The largest absolute Gasteiger partial charge is 0.446 e. The Morgan fingerprint density at radius 3 is 2.18 bits per heavy atom. The summed E-state index contributed by atoms with van der Waals surface area (Å²) in [5, 5.41) is 6.05. The van der Waals surface area contributed by atoms with Crippen molar-refractivity contribution >= 4 is 29.3 Å². The van der Waals surface area contributed by atoms with Crippen molar-refractivity contribution in [1.29, 1.82) is 0 Å². The Balaban J connectivity index is 1.04. The van der Waals surface area contributed by atoms with Crippen LogP contribution in [0.3, 0.4) is 0 Å². The minimum atomic E-state index is -0.423. The van der Waals surface area contributed by atoms with Gasteiger partial charge < -0.3 is 29.7 Å². The number of nitrogens with zero attached hydrogens (tertiary/aromatic N) is 4. The Kier molecular flexibility index (Phi) is 16.3. The zero-order valence-electron chi connectivity index (χ0n) is 31.1. The molecule has 0 saturated carbocycles. The number of para-hydroxylation sites is 1. The molecule has 1 aliphatic heterocycles. The van der Waals surface area contributed by atoms with Gasteiger partial charge in [0, 0.05) is 83.6 Å². The van der Waals surface area contributed by atoms with Gasteiger partial charge in [-0.2, -0.15) is 0 Å². The fraction of sp³-hybridized carbons (Fsp3) is 0.488. The Morgan fingerprint density at radius 1 is 0.765 bits per heavy atom. The van der Waals surface area contributed by atoms with Crippen molar-refractivity contribution in [1.82, 2.24) is 20.0 Å².